The average molecular weight is 213 g/mol. The normalized spacial score (nSPS) is 9.36. The number of carbonyl (C=O) groups is 1. The van der Waals surface area contributed by atoms with E-state index < -0.39 is 0 Å². The number of amides is 1. The largest absolute Gasteiger partial charge is 0.507 e. The predicted molar refractivity (Wildman–Crippen MR) is 61.1 cm³/mol. The number of aromatic hydroxyl groups is 1. The zero-order valence-corrected chi connectivity index (χ0v) is 9.24. The summed E-state index contributed by atoms with van der Waals surface area (Å²) >= 11 is 0. The molecule has 3 nitrogen and oxygen atoms in total. The second kappa shape index (κ2) is 5.54. The van der Waals surface area contributed by atoms with Gasteiger partial charge in [0.1, 0.15) is 5.75 Å². The minimum Gasteiger partial charge on any atom is -0.507 e. The van der Waals surface area contributed by atoms with E-state index in [9.17, 15) is 9.90 Å². The molecule has 0 heterocycles. The monoisotopic (exact) mass is 213 g/mol. The van der Waals surface area contributed by atoms with Gasteiger partial charge in [0.2, 0.25) is 0 Å². The van der Waals surface area contributed by atoms with Gasteiger partial charge in [-0.15, -0.1) is 0 Å². The Labute approximate surface area is 90.6 Å². The molecule has 78 valence electrons. The van der Waals surface area contributed by atoms with Gasteiger partial charge in [-0.2, -0.15) is 13.5 Å². The Balaban J connectivity index is 0.00000169. The summed E-state index contributed by atoms with van der Waals surface area (Å²) in [4.78, 5) is 11.4. The number of phenolic OH excluding ortho intramolecular Hbond substituents is 1. The molecule has 0 aliphatic carbocycles. The fourth-order valence-electron chi connectivity index (χ4n) is 1.01. The van der Waals surface area contributed by atoms with Crippen molar-refractivity contribution in [2.75, 3.05) is 0 Å². The molecule has 0 aliphatic heterocycles. The van der Waals surface area contributed by atoms with E-state index in [2.05, 4.69) is 5.32 Å². The number of carbonyl (C=O) groups excluding carboxylic acids is 1. The van der Waals surface area contributed by atoms with E-state index in [0.29, 0.717) is 5.56 Å². The zero-order chi connectivity index (χ0) is 9.84. The molecule has 0 aromatic heterocycles. The van der Waals surface area contributed by atoms with Gasteiger partial charge in [-0.25, -0.2) is 0 Å². The number of hydrogen-bond donors (Lipinski definition) is 2. The van der Waals surface area contributed by atoms with Crippen molar-refractivity contribution in [1.82, 2.24) is 5.32 Å². The fraction of sp³-hybridized carbons (Fsp3) is 0.300. The Kier molecular flexibility index (Phi) is 5.09. The van der Waals surface area contributed by atoms with Gasteiger partial charge in [-0.3, -0.25) is 4.79 Å². The first kappa shape index (κ1) is 12.8. The van der Waals surface area contributed by atoms with Crippen LogP contribution in [0.15, 0.2) is 24.3 Å². The van der Waals surface area contributed by atoms with Crippen LogP contribution in [0.1, 0.15) is 24.2 Å². The highest BCUT2D eigenvalue weighted by atomic mass is 32.1. The molecule has 0 saturated carbocycles. The summed E-state index contributed by atoms with van der Waals surface area (Å²) < 4.78 is 0. The summed E-state index contributed by atoms with van der Waals surface area (Å²) in [5.74, 6) is -0.228. The Morgan fingerprint density at radius 3 is 2.43 bits per heavy atom. The van der Waals surface area contributed by atoms with Crippen LogP contribution in [-0.2, 0) is 0 Å². The Bertz CT molecular complexity index is 313. The summed E-state index contributed by atoms with van der Waals surface area (Å²) in [5.41, 5.74) is 0.316. The van der Waals surface area contributed by atoms with Crippen LogP contribution in [0.2, 0.25) is 0 Å². The van der Waals surface area contributed by atoms with Crippen LogP contribution in [-0.4, -0.2) is 17.1 Å². The van der Waals surface area contributed by atoms with Crippen molar-refractivity contribution in [3.05, 3.63) is 29.8 Å². The molecule has 0 radical (unpaired) electrons. The molecule has 1 amide bonds. The molecular weight excluding hydrogens is 198 g/mol. The van der Waals surface area contributed by atoms with Gasteiger partial charge in [-0.1, -0.05) is 12.1 Å². The summed E-state index contributed by atoms with van der Waals surface area (Å²) in [6.07, 6.45) is 0. The van der Waals surface area contributed by atoms with E-state index in [1.165, 1.54) is 6.07 Å². The van der Waals surface area contributed by atoms with Gasteiger partial charge >= 0.3 is 0 Å². The maximum Gasteiger partial charge on any atom is 0.255 e. The number of para-hydroxylation sites is 1. The lowest BCUT2D eigenvalue weighted by Gasteiger charge is -2.08. The lowest BCUT2D eigenvalue weighted by molar-refractivity contribution is 0.0940. The maximum absolute atomic E-state index is 11.4. The van der Waals surface area contributed by atoms with Crippen molar-refractivity contribution in [2.45, 2.75) is 19.9 Å². The lowest BCUT2D eigenvalue weighted by Crippen LogP contribution is -2.30. The van der Waals surface area contributed by atoms with E-state index in [1.807, 2.05) is 13.8 Å². The van der Waals surface area contributed by atoms with Crippen LogP contribution in [0.25, 0.3) is 0 Å². The van der Waals surface area contributed by atoms with Crippen LogP contribution in [0.4, 0.5) is 0 Å². The number of phenols is 1. The van der Waals surface area contributed by atoms with Gasteiger partial charge in [0.25, 0.3) is 5.91 Å². The highest BCUT2D eigenvalue weighted by Gasteiger charge is 2.09. The third-order valence-electron chi connectivity index (χ3n) is 1.57. The molecule has 0 fully saturated rings. The summed E-state index contributed by atoms with van der Waals surface area (Å²) in [5, 5.41) is 12.0. The van der Waals surface area contributed by atoms with Crippen LogP contribution >= 0.6 is 13.5 Å². The highest BCUT2D eigenvalue weighted by molar-refractivity contribution is 7.59. The molecule has 1 aromatic carbocycles. The average Bonchev–Trinajstić information content (AvgIpc) is 2.03. The van der Waals surface area contributed by atoms with Crippen LogP contribution in [0.3, 0.4) is 0 Å². The van der Waals surface area contributed by atoms with Crippen LogP contribution in [0, 0.1) is 0 Å². The predicted octanol–water partition coefficient (Wildman–Crippen LogP) is 1.64. The molecule has 2 N–H and O–H groups in total. The molecule has 0 atom stereocenters. The van der Waals surface area contributed by atoms with Crippen molar-refractivity contribution in [1.29, 1.82) is 0 Å². The minimum absolute atomic E-state index is 0. The maximum atomic E-state index is 11.4. The lowest BCUT2D eigenvalue weighted by atomic mass is 10.2. The standard InChI is InChI=1S/C10H13NO2.H2S/c1-7(2)11-10(13)8-5-3-4-6-9(8)12;/h3-7,12H,1-2H3,(H,11,13);1H2. The fourth-order valence-corrected chi connectivity index (χ4v) is 1.01. The topological polar surface area (TPSA) is 49.3 Å². The first-order chi connectivity index (χ1) is 6.11. The molecule has 4 heteroatoms. The van der Waals surface area contributed by atoms with E-state index in [4.69, 9.17) is 0 Å². The van der Waals surface area contributed by atoms with Gasteiger partial charge in [0, 0.05) is 6.04 Å². The number of hydrogen-bond acceptors (Lipinski definition) is 2. The van der Waals surface area contributed by atoms with Crippen LogP contribution < -0.4 is 5.32 Å². The Morgan fingerprint density at radius 2 is 1.93 bits per heavy atom. The minimum atomic E-state index is -0.242. The van der Waals surface area contributed by atoms with E-state index >= 15 is 0 Å². The summed E-state index contributed by atoms with van der Waals surface area (Å²) in [6.45, 7) is 3.75. The molecule has 14 heavy (non-hydrogen) atoms. The van der Waals surface area contributed by atoms with Crippen molar-refractivity contribution in [3.8, 4) is 5.75 Å². The summed E-state index contributed by atoms with van der Waals surface area (Å²) in [7, 11) is 0. The second-order valence-corrected chi connectivity index (χ2v) is 3.15. The Hall–Kier alpha value is -1.16. The summed E-state index contributed by atoms with van der Waals surface area (Å²) in [6, 6.07) is 6.56. The molecule has 1 aromatic rings. The highest BCUT2D eigenvalue weighted by Crippen LogP contribution is 2.14. The quantitative estimate of drug-likeness (QED) is 0.784. The zero-order valence-electron chi connectivity index (χ0n) is 8.24. The molecule has 0 spiro atoms. The van der Waals surface area contributed by atoms with Crippen molar-refractivity contribution < 1.29 is 9.90 Å². The van der Waals surface area contributed by atoms with Gasteiger partial charge in [-0.05, 0) is 26.0 Å². The van der Waals surface area contributed by atoms with Crippen LogP contribution in [0.5, 0.6) is 5.75 Å². The van der Waals surface area contributed by atoms with E-state index in [1.54, 1.807) is 18.2 Å². The third kappa shape index (κ3) is 3.30. The van der Waals surface area contributed by atoms with Crippen molar-refractivity contribution >= 4 is 19.4 Å². The van der Waals surface area contributed by atoms with Crippen molar-refractivity contribution in [2.24, 2.45) is 0 Å². The first-order valence-electron chi connectivity index (χ1n) is 4.20. The van der Waals surface area contributed by atoms with Gasteiger partial charge in [0.15, 0.2) is 0 Å². The number of benzene rings is 1. The molecule has 0 bridgehead atoms. The first-order valence-corrected chi connectivity index (χ1v) is 4.20. The smallest absolute Gasteiger partial charge is 0.255 e. The molecule has 0 saturated heterocycles. The Morgan fingerprint density at radius 1 is 1.36 bits per heavy atom. The van der Waals surface area contributed by atoms with Crippen molar-refractivity contribution in [3.63, 3.8) is 0 Å². The van der Waals surface area contributed by atoms with E-state index in [-0.39, 0.29) is 31.2 Å². The molecule has 1 rings (SSSR count). The van der Waals surface area contributed by atoms with Gasteiger partial charge < -0.3 is 10.4 Å². The second-order valence-electron chi connectivity index (χ2n) is 3.15. The van der Waals surface area contributed by atoms with E-state index in [0.717, 1.165) is 0 Å². The third-order valence-corrected chi connectivity index (χ3v) is 1.57. The van der Waals surface area contributed by atoms with Gasteiger partial charge in [0.05, 0.1) is 5.56 Å². The SMILES string of the molecule is CC(C)NC(=O)c1ccccc1O.S. The molecular formula is C10H15NO2S. The number of rotatable bonds is 2. The molecule has 0 unspecified atom stereocenters. The molecule has 0 aliphatic rings. The number of nitrogens with one attached hydrogen (secondary N) is 1.